The first kappa shape index (κ1) is 11.5. The van der Waals surface area contributed by atoms with Crippen LogP contribution in [0.25, 0.3) is 0 Å². The number of rotatable bonds is 4. The zero-order chi connectivity index (χ0) is 10.4. The third-order valence-corrected chi connectivity index (χ3v) is 3.34. The molecular weight excluding hydrogens is 270 g/mol. The Kier molecular flexibility index (Phi) is 4.92. The molecule has 0 aliphatic heterocycles. The smallest absolute Gasteiger partial charge is 0.407 e. The highest BCUT2D eigenvalue weighted by Gasteiger charge is 2.04. The summed E-state index contributed by atoms with van der Waals surface area (Å²) in [6, 6.07) is 1.92. The molecule has 1 aromatic rings. The fourth-order valence-corrected chi connectivity index (χ4v) is 2.23. The predicted octanol–water partition coefficient (Wildman–Crippen LogP) is 1.73. The van der Waals surface area contributed by atoms with E-state index < -0.39 is 6.09 Å². The number of alkyl carbamates (subject to hydrolysis) is 1. The Morgan fingerprint density at radius 3 is 3.07 bits per heavy atom. The van der Waals surface area contributed by atoms with Gasteiger partial charge in [0.1, 0.15) is 6.61 Å². The van der Waals surface area contributed by atoms with Crippen molar-refractivity contribution in [2.24, 2.45) is 0 Å². The lowest BCUT2D eigenvalue weighted by atomic mass is 10.5. The third kappa shape index (κ3) is 3.65. The van der Waals surface area contributed by atoms with Crippen molar-refractivity contribution in [3.63, 3.8) is 0 Å². The van der Waals surface area contributed by atoms with E-state index in [2.05, 4.69) is 26.0 Å². The van der Waals surface area contributed by atoms with E-state index in [9.17, 15) is 4.79 Å². The van der Waals surface area contributed by atoms with Crippen LogP contribution < -0.4 is 5.32 Å². The van der Waals surface area contributed by atoms with Crippen LogP contribution in [0.3, 0.4) is 0 Å². The summed E-state index contributed by atoms with van der Waals surface area (Å²) < 4.78 is 5.60. The minimum absolute atomic E-state index is 0.0252. The molecule has 2 N–H and O–H groups in total. The second kappa shape index (κ2) is 6.00. The van der Waals surface area contributed by atoms with Gasteiger partial charge in [0.2, 0.25) is 0 Å². The number of aliphatic hydroxyl groups excluding tert-OH is 1. The minimum atomic E-state index is -0.514. The van der Waals surface area contributed by atoms with Crippen LogP contribution in [-0.4, -0.2) is 24.4 Å². The van der Waals surface area contributed by atoms with E-state index in [0.29, 0.717) is 6.54 Å². The van der Waals surface area contributed by atoms with Gasteiger partial charge in [0.25, 0.3) is 0 Å². The molecule has 4 nitrogen and oxygen atoms in total. The molecule has 1 aromatic heterocycles. The molecule has 1 heterocycles. The lowest BCUT2D eigenvalue weighted by molar-refractivity contribution is 0.119. The van der Waals surface area contributed by atoms with Crippen LogP contribution >= 0.6 is 27.3 Å². The summed E-state index contributed by atoms with van der Waals surface area (Å²) in [6.45, 7) is 0.302. The van der Waals surface area contributed by atoms with Gasteiger partial charge in [0.15, 0.2) is 0 Å². The molecule has 0 bridgehead atoms. The summed E-state index contributed by atoms with van der Waals surface area (Å²) in [6.07, 6.45) is -0.514. The first-order chi connectivity index (χ1) is 6.74. The van der Waals surface area contributed by atoms with Gasteiger partial charge in [-0.2, -0.15) is 0 Å². The topological polar surface area (TPSA) is 58.6 Å². The van der Waals surface area contributed by atoms with Crippen molar-refractivity contribution in [3.05, 3.63) is 20.8 Å². The van der Waals surface area contributed by atoms with Crippen LogP contribution in [0.1, 0.15) is 4.88 Å². The van der Waals surface area contributed by atoms with Crippen molar-refractivity contribution >= 4 is 33.4 Å². The fraction of sp³-hybridized carbons (Fsp3) is 0.375. The maximum absolute atomic E-state index is 11.0. The number of carbonyl (C=O) groups excluding carboxylic acids is 1. The van der Waals surface area contributed by atoms with Crippen molar-refractivity contribution in [2.45, 2.75) is 6.54 Å². The summed E-state index contributed by atoms with van der Waals surface area (Å²) >= 11 is 4.90. The largest absolute Gasteiger partial charge is 0.447 e. The van der Waals surface area contributed by atoms with Gasteiger partial charge >= 0.3 is 6.09 Å². The Morgan fingerprint density at radius 2 is 2.50 bits per heavy atom. The molecular formula is C8H10BrNO3S. The molecule has 0 aromatic carbocycles. The zero-order valence-electron chi connectivity index (χ0n) is 7.33. The van der Waals surface area contributed by atoms with Crippen molar-refractivity contribution < 1.29 is 14.6 Å². The summed E-state index contributed by atoms with van der Waals surface area (Å²) in [4.78, 5) is 12.0. The maximum atomic E-state index is 11.0. The molecule has 6 heteroatoms. The Balaban J connectivity index is 2.27. The van der Waals surface area contributed by atoms with Crippen LogP contribution in [0, 0.1) is 0 Å². The van der Waals surface area contributed by atoms with Crippen molar-refractivity contribution in [2.75, 3.05) is 13.2 Å². The highest BCUT2D eigenvalue weighted by Crippen LogP contribution is 2.21. The van der Waals surface area contributed by atoms with E-state index in [-0.39, 0.29) is 13.2 Å². The highest BCUT2D eigenvalue weighted by atomic mass is 79.9. The number of aliphatic hydroxyl groups is 1. The Bertz CT molecular complexity index is 303. The molecule has 0 spiro atoms. The van der Waals surface area contributed by atoms with E-state index in [1.807, 2.05) is 11.4 Å². The van der Waals surface area contributed by atoms with Crippen molar-refractivity contribution in [3.8, 4) is 0 Å². The van der Waals surface area contributed by atoms with Crippen LogP contribution in [0.4, 0.5) is 4.79 Å². The molecule has 0 radical (unpaired) electrons. The van der Waals surface area contributed by atoms with Crippen molar-refractivity contribution in [1.29, 1.82) is 0 Å². The Morgan fingerprint density at radius 1 is 1.71 bits per heavy atom. The van der Waals surface area contributed by atoms with Crippen LogP contribution in [-0.2, 0) is 11.3 Å². The number of carbonyl (C=O) groups is 1. The average molecular weight is 280 g/mol. The van der Waals surface area contributed by atoms with Gasteiger partial charge in [-0.05, 0) is 27.4 Å². The SMILES string of the molecule is O=C(NCc1sccc1Br)OCCO. The summed E-state index contributed by atoms with van der Waals surface area (Å²) in [5, 5.41) is 12.9. The third-order valence-electron chi connectivity index (χ3n) is 1.41. The van der Waals surface area contributed by atoms with E-state index in [0.717, 1.165) is 9.35 Å². The first-order valence-corrected chi connectivity index (χ1v) is 5.64. The van der Waals surface area contributed by atoms with Crippen LogP contribution in [0.15, 0.2) is 15.9 Å². The summed E-state index contributed by atoms with van der Waals surface area (Å²) in [7, 11) is 0. The van der Waals surface area contributed by atoms with Gasteiger partial charge in [-0.25, -0.2) is 4.79 Å². The number of ether oxygens (including phenoxy) is 1. The molecule has 0 atom stereocenters. The van der Waals surface area contributed by atoms with E-state index in [4.69, 9.17) is 5.11 Å². The molecule has 1 amide bonds. The molecule has 0 saturated carbocycles. The van der Waals surface area contributed by atoms with Gasteiger partial charge < -0.3 is 15.2 Å². The monoisotopic (exact) mass is 279 g/mol. The normalized spacial score (nSPS) is 9.86. The van der Waals surface area contributed by atoms with Crippen molar-refractivity contribution in [1.82, 2.24) is 5.32 Å². The second-order valence-electron chi connectivity index (χ2n) is 2.40. The number of amides is 1. The van der Waals surface area contributed by atoms with E-state index >= 15 is 0 Å². The Labute approximate surface area is 94.0 Å². The number of halogens is 1. The molecule has 14 heavy (non-hydrogen) atoms. The molecule has 0 fully saturated rings. The fourth-order valence-electron chi connectivity index (χ4n) is 0.793. The molecule has 0 aliphatic carbocycles. The minimum Gasteiger partial charge on any atom is -0.447 e. The second-order valence-corrected chi connectivity index (χ2v) is 4.26. The number of nitrogens with one attached hydrogen (secondary N) is 1. The Hall–Kier alpha value is -0.590. The maximum Gasteiger partial charge on any atom is 0.407 e. The zero-order valence-corrected chi connectivity index (χ0v) is 9.73. The van der Waals surface area contributed by atoms with Gasteiger partial charge in [-0.3, -0.25) is 0 Å². The quantitative estimate of drug-likeness (QED) is 0.883. The van der Waals surface area contributed by atoms with Gasteiger partial charge in [0.05, 0.1) is 13.2 Å². The molecule has 1 rings (SSSR count). The van der Waals surface area contributed by atoms with E-state index in [1.54, 1.807) is 11.3 Å². The average Bonchev–Trinajstić information content (AvgIpc) is 2.58. The predicted molar refractivity (Wildman–Crippen MR) is 57.3 cm³/mol. The van der Waals surface area contributed by atoms with Crippen LogP contribution in [0.2, 0.25) is 0 Å². The highest BCUT2D eigenvalue weighted by molar-refractivity contribution is 9.10. The lowest BCUT2D eigenvalue weighted by Crippen LogP contribution is -2.24. The molecule has 0 saturated heterocycles. The molecule has 0 aliphatic rings. The summed E-state index contributed by atoms with van der Waals surface area (Å²) in [5.41, 5.74) is 0. The van der Waals surface area contributed by atoms with E-state index in [1.165, 1.54) is 0 Å². The molecule has 0 unspecified atom stereocenters. The van der Waals surface area contributed by atoms with Gasteiger partial charge in [-0.1, -0.05) is 0 Å². The first-order valence-electron chi connectivity index (χ1n) is 3.97. The molecule has 78 valence electrons. The number of hydrogen-bond acceptors (Lipinski definition) is 4. The van der Waals surface area contributed by atoms with Gasteiger partial charge in [0, 0.05) is 9.35 Å². The van der Waals surface area contributed by atoms with Gasteiger partial charge in [-0.15, -0.1) is 11.3 Å². The van der Waals surface area contributed by atoms with Crippen LogP contribution in [0.5, 0.6) is 0 Å². The summed E-state index contributed by atoms with van der Waals surface area (Å²) in [5.74, 6) is 0. The number of hydrogen-bond donors (Lipinski definition) is 2. The number of thiophene rings is 1. The standard InChI is InChI=1S/C8H10BrNO3S/c9-6-1-4-14-7(6)5-10-8(12)13-3-2-11/h1,4,11H,2-3,5H2,(H,10,12). The lowest BCUT2D eigenvalue weighted by Gasteiger charge is -2.04.